The maximum Gasteiger partial charge on any atom is 0.314 e. The molecule has 9 nitrogen and oxygen atoms in total. The number of nitriles is 1. The van der Waals surface area contributed by atoms with Gasteiger partial charge in [0.1, 0.15) is 18.0 Å². The fraction of sp³-hybridized carbons (Fsp3) is 0.580. The third kappa shape index (κ3) is 14.8. The predicted molar refractivity (Wildman–Crippen MR) is 233 cm³/mol. The number of nitrogens with zero attached hydrogens (tertiary/aromatic N) is 3. The molecule has 3 aromatic carbocycles. The Bertz CT molecular complexity index is 1780. The molecule has 0 aromatic heterocycles. The van der Waals surface area contributed by atoms with Gasteiger partial charge in [0.2, 0.25) is 5.75 Å². The number of ether oxygens (including phenoxy) is 4. The Morgan fingerprint density at radius 1 is 0.610 bits per heavy atom. The second kappa shape index (κ2) is 25.0. The van der Waals surface area contributed by atoms with Crippen molar-refractivity contribution in [2.24, 2.45) is 33.9 Å². The zero-order chi connectivity index (χ0) is 41.7. The monoisotopic (exact) mass is 806 g/mol. The number of hydrogen-bond donors (Lipinski definition) is 0. The van der Waals surface area contributed by atoms with Crippen molar-refractivity contribution in [1.29, 1.82) is 5.26 Å². The van der Waals surface area contributed by atoms with Gasteiger partial charge in [0.25, 0.3) is 0 Å². The lowest BCUT2D eigenvalue weighted by Gasteiger charge is -2.27. The van der Waals surface area contributed by atoms with Crippen LogP contribution >= 0.6 is 0 Å². The topological polar surface area (TPSA) is 120 Å². The summed E-state index contributed by atoms with van der Waals surface area (Å²) in [5.41, 5.74) is 2.42. The first-order valence-corrected chi connectivity index (χ1v) is 22.8. The fourth-order valence-electron chi connectivity index (χ4n) is 8.33. The highest BCUT2D eigenvalue weighted by Crippen LogP contribution is 2.46. The molecular formula is C50H67N3O6. The molecule has 0 aliphatic heterocycles. The van der Waals surface area contributed by atoms with Crippen molar-refractivity contribution in [2.75, 3.05) is 6.61 Å². The number of carbonyl (C=O) groups is 2. The molecule has 0 N–H and O–H groups in total. The highest BCUT2D eigenvalue weighted by atomic mass is 16.6. The molecule has 0 atom stereocenters. The Labute approximate surface area is 353 Å². The Balaban J connectivity index is 1.31. The maximum atomic E-state index is 13.7. The van der Waals surface area contributed by atoms with Gasteiger partial charge >= 0.3 is 11.9 Å². The number of azo groups is 1. The minimum Gasteiger partial charge on any atom is -0.487 e. The van der Waals surface area contributed by atoms with Gasteiger partial charge in [0, 0.05) is 0 Å². The van der Waals surface area contributed by atoms with E-state index in [4.69, 9.17) is 18.9 Å². The molecule has 2 saturated carbocycles. The SMILES string of the molecule is CCCCCCOc1c(N=Nc2ccc(OC(=O)C3CCC(CCCCC)CC3)cc2)ccc(OC(=O)C2CCC(CCCCC)CC2)c1OCc1ccc(C#N)cc1. The predicted octanol–water partition coefficient (Wildman–Crippen LogP) is 14.1. The molecule has 0 bridgehead atoms. The van der Waals surface area contributed by atoms with Gasteiger partial charge in [-0.15, -0.1) is 5.11 Å². The zero-order valence-electron chi connectivity index (χ0n) is 35.9. The maximum absolute atomic E-state index is 13.7. The first-order chi connectivity index (χ1) is 28.9. The minimum atomic E-state index is -0.251. The molecule has 2 fully saturated rings. The molecule has 0 radical (unpaired) electrons. The van der Waals surface area contributed by atoms with Crippen LogP contribution in [0.2, 0.25) is 0 Å². The Kier molecular flexibility index (Phi) is 19.3. The lowest BCUT2D eigenvalue weighted by atomic mass is 9.80. The summed E-state index contributed by atoms with van der Waals surface area (Å²) in [7, 11) is 0. The Morgan fingerprint density at radius 2 is 1.19 bits per heavy atom. The standard InChI is InChI=1S/C50H67N3O6/c1-4-7-10-13-34-56-47-45(53-52-43-28-30-44(31-29-43)58-49(54)41-24-20-37(21-25-41)14-11-8-5-2)32-33-46(48(47)57-36-40-18-16-39(35-51)17-19-40)59-50(55)42-26-22-38(23-27-42)15-12-9-6-3/h16-19,28-33,37-38,41-42H,4-15,20-27,34,36H2,1-3H3. The third-order valence-electron chi connectivity index (χ3n) is 12.1. The normalized spacial score (nSPS) is 19.2. The minimum absolute atomic E-state index is 0.0527. The first-order valence-electron chi connectivity index (χ1n) is 22.8. The van der Waals surface area contributed by atoms with Crippen molar-refractivity contribution >= 4 is 23.3 Å². The van der Waals surface area contributed by atoms with Gasteiger partial charge in [-0.05, 0) is 124 Å². The molecule has 2 aliphatic carbocycles. The summed E-state index contributed by atoms with van der Waals surface area (Å²) in [6.07, 6.45) is 21.8. The summed E-state index contributed by atoms with van der Waals surface area (Å²) in [6, 6.07) is 19.9. The van der Waals surface area contributed by atoms with Crippen molar-refractivity contribution in [3.05, 3.63) is 71.8 Å². The number of rotatable bonds is 23. The number of esters is 2. The summed E-state index contributed by atoms with van der Waals surface area (Å²) >= 11 is 0. The van der Waals surface area contributed by atoms with Crippen molar-refractivity contribution in [1.82, 2.24) is 0 Å². The molecule has 0 saturated heterocycles. The average molecular weight is 806 g/mol. The van der Waals surface area contributed by atoms with E-state index in [1.54, 1.807) is 48.5 Å². The molecule has 318 valence electrons. The van der Waals surface area contributed by atoms with Crippen molar-refractivity contribution in [3.63, 3.8) is 0 Å². The van der Waals surface area contributed by atoms with Crippen LogP contribution in [-0.4, -0.2) is 18.5 Å². The zero-order valence-corrected chi connectivity index (χ0v) is 35.9. The fourth-order valence-corrected chi connectivity index (χ4v) is 8.33. The lowest BCUT2D eigenvalue weighted by molar-refractivity contribution is -0.141. The second-order valence-corrected chi connectivity index (χ2v) is 16.7. The molecule has 59 heavy (non-hydrogen) atoms. The summed E-state index contributed by atoms with van der Waals surface area (Å²) in [4.78, 5) is 26.7. The Morgan fingerprint density at radius 3 is 1.76 bits per heavy atom. The van der Waals surface area contributed by atoms with E-state index in [2.05, 4.69) is 37.1 Å². The van der Waals surface area contributed by atoms with E-state index in [0.29, 0.717) is 46.7 Å². The quantitative estimate of drug-likeness (QED) is 0.0405. The number of hydrogen-bond acceptors (Lipinski definition) is 9. The average Bonchev–Trinajstić information content (AvgIpc) is 3.27. The lowest BCUT2D eigenvalue weighted by Crippen LogP contribution is -2.26. The van der Waals surface area contributed by atoms with Crippen LogP contribution in [0.5, 0.6) is 23.0 Å². The van der Waals surface area contributed by atoms with Crippen molar-refractivity contribution in [3.8, 4) is 29.1 Å². The third-order valence-corrected chi connectivity index (χ3v) is 12.1. The second-order valence-electron chi connectivity index (χ2n) is 16.7. The highest BCUT2D eigenvalue weighted by Gasteiger charge is 2.30. The molecular weight excluding hydrogens is 739 g/mol. The number of carbonyl (C=O) groups excluding carboxylic acids is 2. The van der Waals surface area contributed by atoms with Gasteiger partial charge in [-0.25, -0.2) is 0 Å². The Hall–Kier alpha value is -4.71. The van der Waals surface area contributed by atoms with Crippen LogP contribution < -0.4 is 18.9 Å². The van der Waals surface area contributed by atoms with E-state index in [1.165, 1.54) is 51.4 Å². The molecule has 9 heteroatoms. The van der Waals surface area contributed by atoms with Crippen LogP contribution in [0, 0.1) is 35.0 Å². The van der Waals surface area contributed by atoms with E-state index in [0.717, 1.165) is 88.5 Å². The van der Waals surface area contributed by atoms with E-state index >= 15 is 0 Å². The van der Waals surface area contributed by atoms with Crippen LogP contribution in [0.3, 0.4) is 0 Å². The number of unbranched alkanes of at least 4 members (excludes halogenated alkanes) is 7. The summed E-state index contributed by atoms with van der Waals surface area (Å²) in [5.74, 6) is 2.20. The highest BCUT2D eigenvalue weighted by molar-refractivity contribution is 5.78. The molecule has 0 spiro atoms. The molecule has 0 heterocycles. The molecule has 0 amide bonds. The van der Waals surface area contributed by atoms with Crippen LogP contribution in [0.25, 0.3) is 0 Å². The van der Waals surface area contributed by atoms with Crippen LogP contribution in [0.4, 0.5) is 11.4 Å². The van der Waals surface area contributed by atoms with E-state index in [9.17, 15) is 14.9 Å². The van der Waals surface area contributed by atoms with Crippen LogP contribution in [-0.2, 0) is 16.2 Å². The van der Waals surface area contributed by atoms with Gasteiger partial charge < -0.3 is 18.9 Å². The summed E-state index contributed by atoms with van der Waals surface area (Å²) in [5, 5.41) is 18.5. The summed E-state index contributed by atoms with van der Waals surface area (Å²) in [6.45, 7) is 7.22. The molecule has 0 unspecified atom stereocenters. The van der Waals surface area contributed by atoms with Crippen LogP contribution in [0.1, 0.15) is 160 Å². The summed E-state index contributed by atoms with van der Waals surface area (Å²) < 4.78 is 24.8. The van der Waals surface area contributed by atoms with Gasteiger partial charge in [0.05, 0.1) is 35.8 Å². The van der Waals surface area contributed by atoms with E-state index in [-0.39, 0.29) is 36.1 Å². The smallest absolute Gasteiger partial charge is 0.314 e. The van der Waals surface area contributed by atoms with Crippen molar-refractivity contribution < 1.29 is 28.5 Å². The molecule has 2 aliphatic rings. The molecule has 5 rings (SSSR count). The largest absolute Gasteiger partial charge is 0.487 e. The van der Waals surface area contributed by atoms with Crippen LogP contribution in [0.15, 0.2) is 70.9 Å². The number of benzene rings is 3. The van der Waals surface area contributed by atoms with Crippen molar-refractivity contribution in [2.45, 2.75) is 156 Å². The molecule has 3 aromatic rings. The van der Waals surface area contributed by atoms with Gasteiger partial charge in [0.15, 0.2) is 11.5 Å². The van der Waals surface area contributed by atoms with E-state index < -0.39 is 0 Å². The van der Waals surface area contributed by atoms with Gasteiger partial charge in [-0.3, -0.25) is 9.59 Å². The van der Waals surface area contributed by atoms with E-state index in [1.807, 2.05) is 12.1 Å². The van der Waals surface area contributed by atoms with Gasteiger partial charge in [-0.1, -0.05) is 104 Å². The first kappa shape index (κ1) is 45.4. The van der Waals surface area contributed by atoms with Gasteiger partial charge in [-0.2, -0.15) is 10.4 Å².